The second kappa shape index (κ2) is 6.89. The van der Waals surface area contributed by atoms with Crippen LogP contribution < -0.4 is 0 Å². The van der Waals surface area contributed by atoms with Crippen LogP contribution in [0.25, 0.3) is 0 Å². The maximum atomic E-state index is 11.9. The minimum Gasteiger partial charge on any atom is -0.463 e. The zero-order chi connectivity index (χ0) is 12.7. The fraction of sp³-hybridized carbons (Fsp3) is 0.400. The molecule has 0 aliphatic carbocycles. The van der Waals surface area contributed by atoms with Crippen molar-refractivity contribution in [2.75, 3.05) is 6.61 Å². The molecule has 0 heterocycles. The van der Waals surface area contributed by atoms with E-state index in [-0.39, 0.29) is 5.97 Å². The highest BCUT2D eigenvalue weighted by atomic mass is 16.5. The first-order valence-electron chi connectivity index (χ1n) is 6.08. The summed E-state index contributed by atoms with van der Waals surface area (Å²) in [5.41, 5.74) is 3.04. The van der Waals surface area contributed by atoms with Gasteiger partial charge in [-0.2, -0.15) is 0 Å². The summed E-state index contributed by atoms with van der Waals surface area (Å²) in [6, 6.07) is 10.0. The van der Waals surface area contributed by atoms with E-state index >= 15 is 0 Å². The lowest BCUT2D eigenvalue weighted by Crippen LogP contribution is -2.11. The molecule has 0 N–H and O–H groups in total. The summed E-state index contributed by atoms with van der Waals surface area (Å²) >= 11 is 0. The molecule has 92 valence electrons. The summed E-state index contributed by atoms with van der Waals surface area (Å²) in [5, 5.41) is 0. The average Bonchev–Trinajstić information content (AvgIpc) is 2.36. The Kier molecular flexibility index (Phi) is 5.47. The molecular formula is C15H20O2. The van der Waals surface area contributed by atoms with E-state index in [9.17, 15) is 4.79 Å². The Morgan fingerprint density at radius 3 is 2.35 bits per heavy atom. The van der Waals surface area contributed by atoms with Crippen molar-refractivity contribution in [3.63, 3.8) is 0 Å². The number of esters is 1. The van der Waals surface area contributed by atoms with Gasteiger partial charge in [0, 0.05) is 12.0 Å². The lowest BCUT2D eigenvalue weighted by molar-refractivity contribution is -0.138. The Labute approximate surface area is 103 Å². The summed E-state index contributed by atoms with van der Waals surface area (Å²) < 4.78 is 5.10. The molecule has 0 unspecified atom stereocenters. The molecule has 0 saturated carbocycles. The van der Waals surface area contributed by atoms with E-state index in [0.29, 0.717) is 13.0 Å². The fourth-order valence-electron chi connectivity index (χ4n) is 1.63. The SMILES string of the molecule is CCOC(=O)/C(Cc1ccccc1)=C(/C)CC. The molecule has 1 aromatic carbocycles. The third-order valence-electron chi connectivity index (χ3n) is 2.79. The van der Waals surface area contributed by atoms with Crippen molar-refractivity contribution in [1.29, 1.82) is 0 Å². The number of carbonyl (C=O) groups excluding carboxylic acids is 1. The molecule has 0 aliphatic heterocycles. The Bertz CT molecular complexity index is 391. The summed E-state index contributed by atoms with van der Waals surface area (Å²) in [6.07, 6.45) is 1.53. The molecule has 0 aliphatic rings. The highest BCUT2D eigenvalue weighted by Crippen LogP contribution is 2.16. The third-order valence-corrected chi connectivity index (χ3v) is 2.79. The minimum absolute atomic E-state index is 0.185. The lowest BCUT2D eigenvalue weighted by Gasteiger charge is -2.10. The zero-order valence-corrected chi connectivity index (χ0v) is 10.8. The quantitative estimate of drug-likeness (QED) is 0.573. The monoisotopic (exact) mass is 232 g/mol. The maximum Gasteiger partial charge on any atom is 0.334 e. The molecule has 0 atom stereocenters. The maximum absolute atomic E-state index is 11.9. The number of hydrogen-bond acceptors (Lipinski definition) is 2. The largest absolute Gasteiger partial charge is 0.463 e. The summed E-state index contributed by atoms with van der Waals surface area (Å²) in [5.74, 6) is -0.185. The number of allylic oxidation sites excluding steroid dienone is 1. The van der Waals surface area contributed by atoms with Crippen LogP contribution in [0.15, 0.2) is 41.5 Å². The van der Waals surface area contributed by atoms with Crippen molar-refractivity contribution in [3.05, 3.63) is 47.0 Å². The predicted molar refractivity (Wildman–Crippen MR) is 69.8 cm³/mol. The molecule has 0 fully saturated rings. The van der Waals surface area contributed by atoms with Crippen LogP contribution in [0.2, 0.25) is 0 Å². The van der Waals surface area contributed by atoms with E-state index in [2.05, 4.69) is 6.92 Å². The number of hydrogen-bond donors (Lipinski definition) is 0. The van der Waals surface area contributed by atoms with Gasteiger partial charge in [0.25, 0.3) is 0 Å². The van der Waals surface area contributed by atoms with Crippen molar-refractivity contribution in [2.24, 2.45) is 0 Å². The summed E-state index contributed by atoms with van der Waals surface area (Å²) in [4.78, 5) is 11.9. The first-order chi connectivity index (χ1) is 8.19. The lowest BCUT2D eigenvalue weighted by atomic mass is 9.99. The van der Waals surface area contributed by atoms with Gasteiger partial charge in [-0.15, -0.1) is 0 Å². The van der Waals surface area contributed by atoms with Crippen molar-refractivity contribution >= 4 is 5.97 Å². The summed E-state index contributed by atoms with van der Waals surface area (Å²) in [7, 11) is 0. The molecule has 1 aromatic rings. The van der Waals surface area contributed by atoms with Crippen molar-refractivity contribution in [1.82, 2.24) is 0 Å². The Morgan fingerprint density at radius 1 is 1.18 bits per heavy atom. The average molecular weight is 232 g/mol. The van der Waals surface area contributed by atoms with Crippen LogP contribution in [-0.4, -0.2) is 12.6 Å². The van der Waals surface area contributed by atoms with Crippen LogP contribution in [-0.2, 0) is 16.0 Å². The van der Waals surface area contributed by atoms with Gasteiger partial charge in [-0.25, -0.2) is 4.79 Å². The van der Waals surface area contributed by atoms with Crippen molar-refractivity contribution in [3.8, 4) is 0 Å². The second-order valence-corrected chi connectivity index (χ2v) is 4.00. The van der Waals surface area contributed by atoms with Crippen LogP contribution in [0.5, 0.6) is 0 Å². The highest BCUT2D eigenvalue weighted by molar-refractivity contribution is 5.89. The molecule has 0 aromatic heterocycles. The molecule has 1 rings (SSSR count). The van der Waals surface area contributed by atoms with Gasteiger partial charge in [-0.3, -0.25) is 0 Å². The van der Waals surface area contributed by atoms with Gasteiger partial charge < -0.3 is 4.74 Å². The Hall–Kier alpha value is -1.57. The van der Waals surface area contributed by atoms with E-state index in [1.54, 1.807) is 0 Å². The molecule has 2 nitrogen and oxygen atoms in total. The van der Waals surface area contributed by atoms with E-state index in [1.165, 1.54) is 0 Å². The molecule has 0 bridgehead atoms. The van der Waals surface area contributed by atoms with E-state index < -0.39 is 0 Å². The predicted octanol–water partition coefficient (Wildman–Crippen LogP) is 3.52. The van der Waals surface area contributed by atoms with Crippen LogP contribution in [0.4, 0.5) is 0 Å². The van der Waals surface area contributed by atoms with Gasteiger partial charge in [-0.1, -0.05) is 42.8 Å². The molecule has 2 heteroatoms. The smallest absolute Gasteiger partial charge is 0.334 e. The van der Waals surface area contributed by atoms with E-state index in [1.807, 2.05) is 44.2 Å². The van der Waals surface area contributed by atoms with Gasteiger partial charge in [0.15, 0.2) is 0 Å². The second-order valence-electron chi connectivity index (χ2n) is 4.00. The fourth-order valence-corrected chi connectivity index (χ4v) is 1.63. The highest BCUT2D eigenvalue weighted by Gasteiger charge is 2.13. The standard InChI is InChI=1S/C15H20O2/c1-4-12(3)14(15(16)17-5-2)11-13-9-7-6-8-10-13/h6-10H,4-5,11H2,1-3H3/b14-12-. The van der Waals surface area contributed by atoms with Crippen LogP contribution in [0.1, 0.15) is 32.8 Å². The zero-order valence-electron chi connectivity index (χ0n) is 10.8. The third kappa shape index (κ3) is 4.06. The number of ether oxygens (including phenoxy) is 1. The van der Waals surface area contributed by atoms with E-state index in [4.69, 9.17) is 4.74 Å². The van der Waals surface area contributed by atoms with Crippen LogP contribution in [0.3, 0.4) is 0 Å². The van der Waals surface area contributed by atoms with Crippen LogP contribution in [0, 0.1) is 0 Å². The van der Waals surface area contributed by atoms with Crippen LogP contribution >= 0.6 is 0 Å². The van der Waals surface area contributed by atoms with Gasteiger partial charge >= 0.3 is 5.97 Å². The summed E-state index contributed by atoms with van der Waals surface area (Å²) in [6.45, 7) is 6.31. The topological polar surface area (TPSA) is 26.3 Å². The van der Waals surface area contributed by atoms with Gasteiger partial charge in [-0.05, 0) is 25.8 Å². The number of carbonyl (C=O) groups is 1. The van der Waals surface area contributed by atoms with Gasteiger partial charge in [0.1, 0.15) is 0 Å². The first kappa shape index (κ1) is 13.5. The molecule has 0 saturated heterocycles. The molecule has 0 amide bonds. The van der Waals surface area contributed by atoms with Crippen molar-refractivity contribution < 1.29 is 9.53 Å². The molecular weight excluding hydrogens is 212 g/mol. The van der Waals surface area contributed by atoms with Gasteiger partial charge in [0.2, 0.25) is 0 Å². The normalized spacial score (nSPS) is 11.9. The first-order valence-corrected chi connectivity index (χ1v) is 6.08. The Morgan fingerprint density at radius 2 is 1.82 bits per heavy atom. The molecule has 0 radical (unpaired) electrons. The van der Waals surface area contributed by atoms with E-state index in [0.717, 1.165) is 23.1 Å². The van der Waals surface area contributed by atoms with Crippen molar-refractivity contribution in [2.45, 2.75) is 33.6 Å². The molecule has 17 heavy (non-hydrogen) atoms. The number of benzene rings is 1. The molecule has 0 spiro atoms. The Balaban J connectivity index is 2.90. The van der Waals surface area contributed by atoms with Gasteiger partial charge in [0.05, 0.1) is 6.61 Å². The number of rotatable bonds is 5. The minimum atomic E-state index is -0.185.